The van der Waals surface area contributed by atoms with Crippen molar-refractivity contribution in [2.75, 3.05) is 0 Å². The Kier molecular flexibility index (Phi) is 5.74. The Hall–Kier alpha value is -2.88. The fourth-order valence-corrected chi connectivity index (χ4v) is 5.22. The van der Waals surface area contributed by atoms with Gasteiger partial charge in [-0.1, -0.05) is 35.0 Å². The van der Waals surface area contributed by atoms with Crippen LogP contribution in [-0.2, 0) is 25.9 Å². The monoisotopic (exact) mass is 443 g/mol. The number of nitrogens with zero attached hydrogens (tertiary/aromatic N) is 2. The van der Waals surface area contributed by atoms with Crippen molar-refractivity contribution in [2.24, 2.45) is 10.9 Å². The van der Waals surface area contributed by atoms with Gasteiger partial charge in [-0.2, -0.15) is 0 Å². The Morgan fingerprint density at radius 2 is 1.87 bits per heavy atom. The van der Waals surface area contributed by atoms with Gasteiger partial charge in [-0.15, -0.1) is 0 Å². The minimum atomic E-state index is -3.83. The van der Waals surface area contributed by atoms with Crippen molar-refractivity contribution >= 4 is 26.8 Å². The Morgan fingerprint density at radius 3 is 2.52 bits per heavy atom. The second kappa shape index (κ2) is 8.33. The lowest BCUT2D eigenvalue weighted by atomic mass is 10.0. The molecule has 1 fully saturated rings. The average molecular weight is 444 g/mol. The van der Waals surface area contributed by atoms with Crippen LogP contribution in [0.15, 0.2) is 58.7 Å². The van der Waals surface area contributed by atoms with Crippen molar-refractivity contribution in [3.63, 3.8) is 0 Å². The first-order valence-electron chi connectivity index (χ1n) is 10.1. The zero-order chi connectivity index (χ0) is 22.2. The molecule has 0 atom stereocenters. The predicted molar refractivity (Wildman–Crippen MR) is 117 cm³/mol. The first-order valence-corrected chi connectivity index (χ1v) is 11.5. The molecule has 0 saturated carbocycles. The van der Waals surface area contributed by atoms with Gasteiger partial charge in [0.1, 0.15) is 0 Å². The molecule has 1 aliphatic heterocycles. The van der Waals surface area contributed by atoms with Gasteiger partial charge in [-0.05, 0) is 56.9 Å². The van der Waals surface area contributed by atoms with Crippen LogP contribution in [0.4, 0.5) is 0 Å². The molecule has 2 aromatic carbocycles. The molecule has 31 heavy (non-hydrogen) atoms. The minimum Gasteiger partial charge on any atom is -0.409 e. The molecule has 3 aromatic rings. The lowest BCUT2D eigenvalue weighted by Gasteiger charge is -2.33. The van der Waals surface area contributed by atoms with E-state index in [1.165, 1.54) is 10.2 Å². The smallest absolute Gasteiger partial charge is 0.268 e. The Balaban J connectivity index is 1.76. The van der Waals surface area contributed by atoms with E-state index in [4.69, 9.17) is 20.4 Å². The van der Waals surface area contributed by atoms with Crippen LogP contribution in [0.3, 0.4) is 0 Å². The minimum absolute atomic E-state index is 0.0766. The van der Waals surface area contributed by atoms with E-state index in [0.717, 1.165) is 17.5 Å². The van der Waals surface area contributed by atoms with Crippen LogP contribution in [0.25, 0.3) is 10.9 Å². The van der Waals surface area contributed by atoms with E-state index < -0.39 is 10.0 Å². The van der Waals surface area contributed by atoms with Crippen molar-refractivity contribution in [1.29, 1.82) is 0 Å². The summed E-state index contributed by atoms with van der Waals surface area (Å²) >= 11 is 0. The summed E-state index contributed by atoms with van der Waals surface area (Å²) in [7, 11) is -3.83. The molecule has 2 heterocycles. The first kappa shape index (κ1) is 21.4. The highest BCUT2D eigenvalue weighted by molar-refractivity contribution is 7.90. The standard InChI is InChI=1S/C22H25N3O5S/c1-14-6-9-17(10-7-14)31(27,28)25-13-12-18-19(22(23)24-26)11-8-16(21(18)25)4-3-5-20-29-15(2)30-20/h6-13,15,20,26H,3-5H2,1-2H3,(H2,23,24). The van der Waals surface area contributed by atoms with Gasteiger partial charge in [-0.3, -0.25) is 0 Å². The summed E-state index contributed by atoms with van der Waals surface area (Å²) in [5.74, 6) is -0.0766. The molecule has 9 heteroatoms. The normalized spacial score (nSPS) is 19.5. The van der Waals surface area contributed by atoms with E-state index in [0.29, 0.717) is 29.3 Å². The quantitative estimate of drug-likeness (QED) is 0.250. The van der Waals surface area contributed by atoms with Crippen molar-refractivity contribution in [3.8, 4) is 0 Å². The maximum atomic E-state index is 13.4. The number of hydrogen-bond acceptors (Lipinski definition) is 6. The number of rotatable bonds is 7. The molecule has 164 valence electrons. The summed E-state index contributed by atoms with van der Waals surface area (Å²) in [6.07, 6.45) is 3.21. The van der Waals surface area contributed by atoms with Gasteiger partial charge in [0.15, 0.2) is 18.4 Å². The summed E-state index contributed by atoms with van der Waals surface area (Å²) in [5, 5.41) is 12.9. The molecule has 1 saturated heterocycles. The topological polar surface area (TPSA) is 116 Å². The van der Waals surface area contributed by atoms with Gasteiger partial charge in [0.25, 0.3) is 10.0 Å². The SMILES string of the molecule is Cc1ccc(S(=O)(=O)n2ccc3c(/C(N)=N/O)ccc(CCCC4OC(C)O4)c32)cc1. The van der Waals surface area contributed by atoms with E-state index in [-0.39, 0.29) is 23.3 Å². The van der Waals surface area contributed by atoms with Crippen LogP contribution >= 0.6 is 0 Å². The number of nitrogens with two attached hydrogens (primary N) is 1. The van der Waals surface area contributed by atoms with Gasteiger partial charge in [0.2, 0.25) is 0 Å². The summed E-state index contributed by atoms with van der Waals surface area (Å²) in [6, 6.07) is 12.0. The Morgan fingerprint density at radius 1 is 1.16 bits per heavy atom. The van der Waals surface area contributed by atoms with Gasteiger partial charge < -0.3 is 20.4 Å². The van der Waals surface area contributed by atoms with Crippen LogP contribution in [0.1, 0.15) is 36.5 Å². The zero-order valence-electron chi connectivity index (χ0n) is 17.4. The molecule has 0 unspecified atom stereocenters. The van der Waals surface area contributed by atoms with Crippen LogP contribution in [-0.4, -0.2) is 36.0 Å². The number of aromatic nitrogens is 1. The highest BCUT2D eigenvalue weighted by atomic mass is 32.2. The van der Waals surface area contributed by atoms with E-state index in [1.807, 2.05) is 19.9 Å². The number of amidine groups is 1. The third-order valence-corrected chi connectivity index (χ3v) is 7.12. The third-order valence-electron chi connectivity index (χ3n) is 5.43. The lowest BCUT2D eigenvalue weighted by molar-refractivity contribution is -0.377. The molecule has 8 nitrogen and oxygen atoms in total. The molecular weight excluding hydrogens is 418 g/mol. The highest BCUT2D eigenvalue weighted by Crippen LogP contribution is 2.30. The maximum Gasteiger partial charge on any atom is 0.268 e. The Labute approximate surface area is 180 Å². The highest BCUT2D eigenvalue weighted by Gasteiger charge is 2.27. The molecule has 4 rings (SSSR count). The fourth-order valence-electron chi connectivity index (χ4n) is 3.83. The molecule has 0 spiro atoms. The fraction of sp³-hybridized carbons (Fsp3) is 0.318. The van der Waals surface area contributed by atoms with Gasteiger partial charge in [0.05, 0.1) is 10.4 Å². The number of hydrogen-bond donors (Lipinski definition) is 2. The van der Waals surface area contributed by atoms with E-state index in [2.05, 4.69) is 5.16 Å². The predicted octanol–water partition coefficient (Wildman–Crippen LogP) is 3.32. The third kappa shape index (κ3) is 4.04. The number of oxime groups is 1. The Bertz CT molecular complexity index is 1230. The molecule has 0 radical (unpaired) electrons. The van der Waals surface area contributed by atoms with Crippen molar-refractivity contribution < 1.29 is 23.1 Å². The summed E-state index contributed by atoms with van der Waals surface area (Å²) in [6.45, 7) is 3.74. The van der Waals surface area contributed by atoms with Gasteiger partial charge in [0, 0.05) is 17.1 Å². The number of benzene rings is 2. The molecule has 0 amide bonds. The van der Waals surface area contributed by atoms with E-state index in [9.17, 15) is 8.42 Å². The number of aryl methyl sites for hydroxylation is 2. The molecule has 0 bridgehead atoms. The van der Waals surface area contributed by atoms with E-state index in [1.54, 1.807) is 36.4 Å². The molecule has 1 aliphatic rings. The number of ether oxygens (including phenoxy) is 2. The molecule has 1 aromatic heterocycles. The summed E-state index contributed by atoms with van der Waals surface area (Å²) < 4.78 is 39.0. The second-order valence-electron chi connectivity index (χ2n) is 7.61. The molecular formula is C22H25N3O5S. The van der Waals surface area contributed by atoms with Crippen LogP contribution in [0, 0.1) is 6.92 Å². The summed E-state index contributed by atoms with van der Waals surface area (Å²) in [4.78, 5) is 0.195. The second-order valence-corrected chi connectivity index (χ2v) is 9.43. The molecule has 0 aliphatic carbocycles. The first-order chi connectivity index (χ1) is 14.8. The lowest BCUT2D eigenvalue weighted by Crippen LogP contribution is -2.38. The van der Waals surface area contributed by atoms with Crippen molar-refractivity contribution in [3.05, 3.63) is 65.4 Å². The largest absolute Gasteiger partial charge is 0.409 e. The van der Waals surface area contributed by atoms with E-state index >= 15 is 0 Å². The van der Waals surface area contributed by atoms with Gasteiger partial charge >= 0.3 is 0 Å². The summed E-state index contributed by atoms with van der Waals surface area (Å²) in [5.41, 5.74) is 8.65. The molecule has 3 N–H and O–H groups in total. The van der Waals surface area contributed by atoms with Crippen LogP contribution < -0.4 is 5.73 Å². The van der Waals surface area contributed by atoms with Crippen molar-refractivity contribution in [2.45, 2.75) is 50.6 Å². The average Bonchev–Trinajstić information content (AvgIpc) is 3.18. The number of fused-ring (bicyclic) bond motifs is 1. The van der Waals surface area contributed by atoms with Crippen LogP contribution in [0.2, 0.25) is 0 Å². The van der Waals surface area contributed by atoms with Gasteiger partial charge in [-0.25, -0.2) is 12.4 Å². The zero-order valence-corrected chi connectivity index (χ0v) is 18.2. The van der Waals surface area contributed by atoms with Crippen LogP contribution in [0.5, 0.6) is 0 Å². The maximum absolute atomic E-state index is 13.4. The van der Waals surface area contributed by atoms with Crippen molar-refractivity contribution in [1.82, 2.24) is 3.97 Å².